The number of halogens is 3. The maximum Gasteiger partial charge on any atom is 0.471 e. The molecule has 2 heterocycles. The van der Waals surface area contributed by atoms with Crippen LogP contribution < -0.4 is 5.32 Å². The molecule has 0 aliphatic carbocycles. The number of rotatable bonds is 9. The van der Waals surface area contributed by atoms with E-state index in [9.17, 15) is 22.8 Å². The molecule has 5 nitrogen and oxygen atoms in total. The van der Waals surface area contributed by atoms with Gasteiger partial charge < -0.3 is 15.1 Å². The number of carbonyl (C=O) groups excluding carboxylic acids is 2. The number of fused-ring (bicyclic) bond motifs is 1. The van der Waals surface area contributed by atoms with Gasteiger partial charge in [-0.1, -0.05) is 18.6 Å². The number of amides is 1. The van der Waals surface area contributed by atoms with Crippen LogP contribution in [0.5, 0.6) is 0 Å². The lowest BCUT2D eigenvalue weighted by molar-refractivity contribution is -0.185. The zero-order chi connectivity index (χ0) is 23.8. The Bertz CT molecular complexity index is 813. The van der Waals surface area contributed by atoms with Gasteiger partial charge in [-0.05, 0) is 82.3 Å². The summed E-state index contributed by atoms with van der Waals surface area (Å²) in [4.78, 5) is 27.8. The first-order valence-corrected chi connectivity index (χ1v) is 12.2. The molecular formula is C25H36F3N3O2. The molecule has 0 bridgehead atoms. The van der Waals surface area contributed by atoms with E-state index in [1.165, 1.54) is 12.0 Å². The van der Waals surface area contributed by atoms with E-state index >= 15 is 0 Å². The first kappa shape index (κ1) is 25.7. The Morgan fingerprint density at radius 1 is 1.09 bits per heavy atom. The largest absolute Gasteiger partial charge is 0.471 e. The first-order valence-electron chi connectivity index (χ1n) is 12.2. The van der Waals surface area contributed by atoms with Crippen molar-refractivity contribution in [2.75, 3.05) is 39.3 Å². The van der Waals surface area contributed by atoms with Crippen molar-refractivity contribution in [1.29, 1.82) is 0 Å². The molecule has 1 saturated heterocycles. The number of Topliss-reactive ketones (excluding diaryl/α,β-unsaturated/α-hetero) is 1. The molecule has 2 aliphatic heterocycles. The van der Waals surface area contributed by atoms with E-state index in [-0.39, 0.29) is 31.7 Å². The van der Waals surface area contributed by atoms with Crippen LogP contribution in [0, 0.1) is 0 Å². The number of carbonyl (C=O) groups is 2. The molecular weight excluding hydrogens is 431 g/mol. The van der Waals surface area contributed by atoms with Crippen molar-refractivity contribution in [3.05, 3.63) is 34.9 Å². The average Bonchev–Trinajstić information content (AvgIpc) is 3.03. The number of nitrogens with zero attached hydrogens (tertiary/aromatic N) is 2. The minimum Gasteiger partial charge on any atom is -0.335 e. The zero-order valence-corrected chi connectivity index (χ0v) is 19.6. The summed E-state index contributed by atoms with van der Waals surface area (Å²) < 4.78 is 39.3. The lowest BCUT2D eigenvalue weighted by Crippen LogP contribution is -2.44. The van der Waals surface area contributed by atoms with Gasteiger partial charge in [-0.15, -0.1) is 0 Å². The predicted molar refractivity (Wildman–Crippen MR) is 122 cm³/mol. The molecule has 8 heteroatoms. The Hall–Kier alpha value is -1.93. The fourth-order valence-electron chi connectivity index (χ4n) is 4.87. The molecule has 0 radical (unpaired) electrons. The number of ketones is 1. The molecule has 3 rings (SSSR count). The fraction of sp³-hybridized carbons (Fsp3) is 0.680. The van der Waals surface area contributed by atoms with Crippen LogP contribution in [0.1, 0.15) is 66.9 Å². The molecule has 1 atom stereocenters. The molecule has 1 amide bonds. The average molecular weight is 468 g/mol. The number of benzene rings is 1. The molecule has 0 spiro atoms. The number of piperidine rings is 1. The van der Waals surface area contributed by atoms with Crippen molar-refractivity contribution < 1.29 is 22.8 Å². The lowest BCUT2D eigenvalue weighted by Gasteiger charge is -2.34. The Morgan fingerprint density at radius 3 is 2.55 bits per heavy atom. The molecule has 1 fully saturated rings. The highest BCUT2D eigenvalue weighted by atomic mass is 19.4. The summed E-state index contributed by atoms with van der Waals surface area (Å²) in [7, 11) is 0. The zero-order valence-electron chi connectivity index (χ0n) is 19.6. The summed E-state index contributed by atoms with van der Waals surface area (Å²) in [5, 5.41) is 3.33. The van der Waals surface area contributed by atoms with E-state index in [0.29, 0.717) is 24.6 Å². The third-order valence-electron chi connectivity index (χ3n) is 6.85. The number of nitrogens with one attached hydrogen (secondary N) is 1. The molecule has 0 aromatic heterocycles. The van der Waals surface area contributed by atoms with Gasteiger partial charge in [0.15, 0.2) is 5.78 Å². The van der Waals surface area contributed by atoms with E-state index in [1.807, 2.05) is 18.2 Å². The van der Waals surface area contributed by atoms with Gasteiger partial charge in [-0.25, -0.2) is 0 Å². The van der Waals surface area contributed by atoms with Gasteiger partial charge in [0.2, 0.25) is 0 Å². The van der Waals surface area contributed by atoms with E-state index in [2.05, 4.69) is 17.1 Å². The highest BCUT2D eigenvalue weighted by Crippen LogP contribution is 2.21. The van der Waals surface area contributed by atoms with Gasteiger partial charge in [-0.2, -0.15) is 13.2 Å². The Labute approximate surface area is 194 Å². The number of hydrogen-bond donors (Lipinski definition) is 1. The van der Waals surface area contributed by atoms with Crippen LogP contribution in [-0.2, 0) is 17.6 Å². The second kappa shape index (κ2) is 12.0. The van der Waals surface area contributed by atoms with Crippen molar-refractivity contribution in [2.45, 2.75) is 70.5 Å². The van der Waals surface area contributed by atoms with Gasteiger partial charge in [0, 0.05) is 37.7 Å². The SMILES string of the molecule is CC1CCCCN1CCCN(CCCC(=O)c1ccc2c(c1)CCNCC2)C(=O)C(F)(F)F. The van der Waals surface area contributed by atoms with Crippen molar-refractivity contribution in [1.82, 2.24) is 15.1 Å². The molecule has 1 aromatic carbocycles. The van der Waals surface area contributed by atoms with Crippen molar-refractivity contribution in [3.8, 4) is 0 Å². The minimum atomic E-state index is -4.90. The summed E-state index contributed by atoms with van der Waals surface area (Å²) in [6.45, 7) is 5.57. The summed E-state index contributed by atoms with van der Waals surface area (Å²) >= 11 is 0. The quantitative estimate of drug-likeness (QED) is 0.558. The summed E-state index contributed by atoms with van der Waals surface area (Å²) in [6, 6.07) is 6.14. The van der Waals surface area contributed by atoms with Gasteiger partial charge in [-0.3, -0.25) is 9.59 Å². The Balaban J connectivity index is 1.52. The number of alkyl halides is 3. The molecule has 1 N–H and O–H groups in total. The normalized spacial score (nSPS) is 19.6. The van der Waals surface area contributed by atoms with Gasteiger partial charge in [0.05, 0.1) is 0 Å². The second-order valence-electron chi connectivity index (χ2n) is 9.28. The number of likely N-dealkylation sites (tertiary alicyclic amines) is 1. The Morgan fingerprint density at radius 2 is 1.82 bits per heavy atom. The maximum absolute atomic E-state index is 13.1. The van der Waals surface area contributed by atoms with E-state index in [4.69, 9.17) is 0 Å². The molecule has 1 unspecified atom stereocenters. The van der Waals surface area contributed by atoms with Gasteiger partial charge >= 0.3 is 12.1 Å². The van der Waals surface area contributed by atoms with Crippen LogP contribution in [0.15, 0.2) is 18.2 Å². The van der Waals surface area contributed by atoms with E-state index in [0.717, 1.165) is 55.8 Å². The third-order valence-corrected chi connectivity index (χ3v) is 6.85. The van der Waals surface area contributed by atoms with Crippen LogP contribution in [-0.4, -0.2) is 73.0 Å². The molecule has 33 heavy (non-hydrogen) atoms. The minimum absolute atomic E-state index is 0.0571. The molecule has 2 aliphatic rings. The monoisotopic (exact) mass is 467 g/mol. The standard InChI is InChI=1S/C25H36F3N3O2/c1-19-6-2-3-14-30(19)16-5-17-31(24(33)25(26,27)28)15-4-7-23(32)22-9-8-20-10-12-29-13-11-21(20)18-22/h8-9,18-19,29H,2-7,10-17H2,1H3. The third kappa shape index (κ3) is 7.54. The highest BCUT2D eigenvalue weighted by molar-refractivity contribution is 5.96. The van der Waals surface area contributed by atoms with Crippen molar-refractivity contribution in [2.24, 2.45) is 0 Å². The number of hydrogen-bond acceptors (Lipinski definition) is 4. The molecule has 184 valence electrons. The van der Waals surface area contributed by atoms with Crippen molar-refractivity contribution in [3.63, 3.8) is 0 Å². The molecule has 1 aromatic rings. The summed E-state index contributed by atoms with van der Waals surface area (Å²) in [5.74, 6) is -1.89. The van der Waals surface area contributed by atoms with Crippen molar-refractivity contribution >= 4 is 11.7 Å². The van der Waals surface area contributed by atoms with Crippen LogP contribution in [0.2, 0.25) is 0 Å². The molecule has 0 saturated carbocycles. The van der Waals surface area contributed by atoms with Crippen LogP contribution >= 0.6 is 0 Å². The maximum atomic E-state index is 13.1. The summed E-state index contributed by atoms with van der Waals surface area (Å²) in [6.07, 6.45) is 1.14. The Kier molecular flexibility index (Phi) is 9.32. The highest BCUT2D eigenvalue weighted by Gasteiger charge is 2.42. The second-order valence-corrected chi connectivity index (χ2v) is 9.28. The summed E-state index contributed by atoms with van der Waals surface area (Å²) in [5.41, 5.74) is 3.00. The van der Waals surface area contributed by atoms with E-state index in [1.54, 1.807) is 0 Å². The van der Waals surface area contributed by atoms with E-state index < -0.39 is 12.1 Å². The van der Waals surface area contributed by atoms with Crippen LogP contribution in [0.4, 0.5) is 13.2 Å². The fourth-order valence-corrected chi connectivity index (χ4v) is 4.87. The van der Waals surface area contributed by atoms with Crippen LogP contribution in [0.3, 0.4) is 0 Å². The van der Waals surface area contributed by atoms with Gasteiger partial charge in [0.25, 0.3) is 0 Å². The lowest BCUT2D eigenvalue weighted by atomic mass is 9.97. The smallest absolute Gasteiger partial charge is 0.335 e. The predicted octanol–water partition coefficient (Wildman–Crippen LogP) is 3.99. The topological polar surface area (TPSA) is 52.6 Å². The van der Waals surface area contributed by atoms with Crippen LogP contribution in [0.25, 0.3) is 0 Å². The first-order chi connectivity index (χ1) is 15.8. The van der Waals surface area contributed by atoms with Gasteiger partial charge in [0.1, 0.15) is 0 Å².